The highest BCUT2D eigenvalue weighted by molar-refractivity contribution is 5.93. The molecule has 0 aromatic heterocycles. The minimum absolute atomic E-state index is 0.0555. The van der Waals surface area contributed by atoms with E-state index in [9.17, 15) is 19.7 Å². The maximum Gasteiger partial charge on any atom is 0.339 e. The third kappa shape index (κ3) is 5.43. The van der Waals surface area contributed by atoms with Gasteiger partial charge in [0.05, 0.1) is 10.5 Å². The van der Waals surface area contributed by atoms with Crippen molar-refractivity contribution >= 4 is 23.3 Å². The molecule has 1 amide bonds. The fourth-order valence-corrected chi connectivity index (χ4v) is 3.44. The number of hydrogen-bond donors (Lipinski definition) is 2. The first-order valence-electron chi connectivity index (χ1n) is 9.97. The van der Waals surface area contributed by atoms with Crippen LogP contribution in [0.25, 0.3) is 0 Å². The summed E-state index contributed by atoms with van der Waals surface area (Å²) in [6.07, 6.45) is 6.85. The standard InChI is InChI=1S/C20H27N3O5/c1-13(19(24)21-12-14-5-3-2-4-6-14)28-20(25)15-7-10-17(22-16-8-9-16)18(11-15)23(26)27/h7,10-11,13-14,16,22H,2-6,8-9,12H2,1H3,(H,21,24)/t13-/m0/s1. The van der Waals surface area contributed by atoms with Crippen molar-refractivity contribution in [3.05, 3.63) is 33.9 Å². The molecule has 0 heterocycles. The van der Waals surface area contributed by atoms with E-state index in [1.807, 2.05) is 0 Å². The Morgan fingerprint density at radius 3 is 2.57 bits per heavy atom. The summed E-state index contributed by atoms with van der Waals surface area (Å²) in [5.74, 6) is -0.614. The number of carbonyl (C=O) groups is 2. The van der Waals surface area contributed by atoms with Crippen LogP contribution >= 0.6 is 0 Å². The summed E-state index contributed by atoms with van der Waals surface area (Å²) in [6, 6.07) is 4.44. The van der Waals surface area contributed by atoms with E-state index in [0.29, 0.717) is 18.2 Å². The summed E-state index contributed by atoms with van der Waals surface area (Å²) < 4.78 is 5.21. The number of nitrogens with one attached hydrogen (secondary N) is 2. The second kappa shape index (κ2) is 9.03. The largest absolute Gasteiger partial charge is 0.449 e. The van der Waals surface area contributed by atoms with Gasteiger partial charge in [0.15, 0.2) is 6.10 Å². The molecule has 2 aliphatic carbocycles. The molecule has 8 nitrogen and oxygen atoms in total. The maximum atomic E-state index is 12.3. The molecule has 0 aliphatic heterocycles. The number of hydrogen-bond acceptors (Lipinski definition) is 6. The average molecular weight is 389 g/mol. The van der Waals surface area contributed by atoms with Gasteiger partial charge in [-0.25, -0.2) is 4.79 Å². The van der Waals surface area contributed by atoms with E-state index in [-0.39, 0.29) is 23.2 Å². The molecule has 2 aliphatic rings. The molecule has 3 rings (SSSR count). The molecule has 2 N–H and O–H groups in total. The van der Waals surface area contributed by atoms with Crippen LogP contribution in [0.2, 0.25) is 0 Å². The Balaban J connectivity index is 1.55. The zero-order chi connectivity index (χ0) is 20.1. The predicted molar refractivity (Wildman–Crippen MR) is 104 cm³/mol. The molecule has 2 saturated carbocycles. The first-order valence-corrected chi connectivity index (χ1v) is 9.97. The minimum atomic E-state index is -0.959. The van der Waals surface area contributed by atoms with Gasteiger partial charge in [0.25, 0.3) is 11.6 Å². The van der Waals surface area contributed by atoms with Crippen molar-refractivity contribution in [3.63, 3.8) is 0 Å². The highest BCUT2D eigenvalue weighted by Gasteiger charge is 2.27. The second-order valence-electron chi connectivity index (χ2n) is 7.70. The number of anilines is 1. The lowest BCUT2D eigenvalue weighted by Crippen LogP contribution is -2.38. The van der Waals surface area contributed by atoms with Crippen LogP contribution in [0.5, 0.6) is 0 Å². The highest BCUT2D eigenvalue weighted by atomic mass is 16.6. The molecule has 1 atom stereocenters. The van der Waals surface area contributed by atoms with Crippen LogP contribution in [-0.4, -0.2) is 35.5 Å². The summed E-state index contributed by atoms with van der Waals surface area (Å²) >= 11 is 0. The van der Waals surface area contributed by atoms with Gasteiger partial charge in [0.1, 0.15) is 5.69 Å². The van der Waals surface area contributed by atoms with E-state index in [2.05, 4.69) is 10.6 Å². The van der Waals surface area contributed by atoms with E-state index < -0.39 is 17.0 Å². The van der Waals surface area contributed by atoms with Crippen LogP contribution in [0.3, 0.4) is 0 Å². The molecule has 0 unspecified atom stereocenters. The van der Waals surface area contributed by atoms with Crippen molar-refractivity contribution in [2.75, 3.05) is 11.9 Å². The normalized spacial score (nSPS) is 18.2. The van der Waals surface area contributed by atoms with E-state index in [0.717, 1.165) is 25.7 Å². The van der Waals surface area contributed by atoms with Crippen LogP contribution < -0.4 is 10.6 Å². The number of benzene rings is 1. The maximum absolute atomic E-state index is 12.3. The van der Waals surface area contributed by atoms with Crippen molar-refractivity contribution in [1.29, 1.82) is 0 Å². The summed E-state index contributed by atoms with van der Waals surface area (Å²) in [7, 11) is 0. The van der Waals surface area contributed by atoms with Crippen molar-refractivity contribution in [1.82, 2.24) is 5.32 Å². The quantitative estimate of drug-likeness (QED) is 0.400. The third-order valence-corrected chi connectivity index (χ3v) is 5.31. The van der Waals surface area contributed by atoms with Crippen molar-refractivity contribution < 1.29 is 19.2 Å². The Bertz CT molecular complexity index is 741. The lowest BCUT2D eigenvalue weighted by molar-refractivity contribution is -0.384. The molecule has 2 fully saturated rings. The van der Waals surface area contributed by atoms with Gasteiger partial charge in [-0.15, -0.1) is 0 Å². The van der Waals surface area contributed by atoms with Gasteiger partial charge < -0.3 is 15.4 Å². The summed E-state index contributed by atoms with van der Waals surface area (Å²) in [5.41, 5.74) is 0.276. The molecule has 1 aromatic rings. The lowest BCUT2D eigenvalue weighted by atomic mass is 9.89. The molecule has 1 aromatic carbocycles. The highest BCUT2D eigenvalue weighted by Crippen LogP contribution is 2.31. The number of amides is 1. The fourth-order valence-electron chi connectivity index (χ4n) is 3.44. The van der Waals surface area contributed by atoms with Crippen LogP contribution in [0.1, 0.15) is 62.2 Å². The topological polar surface area (TPSA) is 111 Å². The van der Waals surface area contributed by atoms with Crippen LogP contribution in [0, 0.1) is 16.0 Å². The monoisotopic (exact) mass is 389 g/mol. The van der Waals surface area contributed by atoms with Gasteiger partial charge in [-0.3, -0.25) is 14.9 Å². The van der Waals surface area contributed by atoms with Gasteiger partial charge in [-0.05, 0) is 50.7 Å². The predicted octanol–water partition coefficient (Wildman–Crippen LogP) is 3.41. The van der Waals surface area contributed by atoms with E-state index in [4.69, 9.17) is 4.74 Å². The molecule has 0 radical (unpaired) electrons. The van der Waals surface area contributed by atoms with E-state index >= 15 is 0 Å². The Labute approximate surface area is 164 Å². The minimum Gasteiger partial charge on any atom is -0.449 e. The number of nitrogens with zero attached hydrogens (tertiary/aromatic N) is 1. The zero-order valence-electron chi connectivity index (χ0n) is 16.1. The molecule has 8 heteroatoms. The van der Waals surface area contributed by atoms with Gasteiger partial charge in [0.2, 0.25) is 0 Å². The second-order valence-corrected chi connectivity index (χ2v) is 7.70. The van der Waals surface area contributed by atoms with Crippen LogP contribution in [0.15, 0.2) is 18.2 Å². The first-order chi connectivity index (χ1) is 13.4. The van der Waals surface area contributed by atoms with Gasteiger partial charge in [-0.2, -0.15) is 0 Å². The number of nitro benzene ring substituents is 1. The smallest absolute Gasteiger partial charge is 0.339 e. The average Bonchev–Trinajstić information content (AvgIpc) is 3.51. The van der Waals surface area contributed by atoms with Gasteiger partial charge in [-0.1, -0.05) is 19.3 Å². The number of esters is 1. The van der Waals surface area contributed by atoms with Gasteiger partial charge in [0, 0.05) is 18.7 Å². The fraction of sp³-hybridized carbons (Fsp3) is 0.600. The summed E-state index contributed by atoms with van der Waals surface area (Å²) in [6.45, 7) is 2.10. The first kappa shape index (κ1) is 20.1. The summed E-state index contributed by atoms with van der Waals surface area (Å²) in [4.78, 5) is 35.3. The Morgan fingerprint density at radius 2 is 1.93 bits per heavy atom. The molecule has 152 valence electrons. The van der Waals surface area contributed by atoms with E-state index in [1.54, 1.807) is 0 Å². The van der Waals surface area contributed by atoms with Crippen molar-refractivity contribution in [2.45, 2.75) is 64.0 Å². The summed E-state index contributed by atoms with van der Waals surface area (Å²) in [5, 5.41) is 17.2. The number of ether oxygens (including phenoxy) is 1. The van der Waals surface area contributed by atoms with Crippen LogP contribution in [0.4, 0.5) is 11.4 Å². The third-order valence-electron chi connectivity index (χ3n) is 5.31. The molecule has 0 saturated heterocycles. The van der Waals surface area contributed by atoms with Crippen molar-refractivity contribution in [3.8, 4) is 0 Å². The Hall–Kier alpha value is -2.64. The van der Waals surface area contributed by atoms with Crippen LogP contribution in [-0.2, 0) is 9.53 Å². The zero-order valence-corrected chi connectivity index (χ0v) is 16.1. The molecular formula is C20H27N3O5. The van der Waals surface area contributed by atoms with E-state index in [1.165, 1.54) is 44.4 Å². The number of nitro groups is 1. The Morgan fingerprint density at radius 1 is 1.21 bits per heavy atom. The molecule has 0 spiro atoms. The molecule has 28 heavy (non-hydrogen) atoms. The number of carbonyl (C=O) groups excluding carboxylic acids is 2. The lowest BCUT2D eigenvalue weighted by Gasteiger charge is -2.22. The van der Waals surface area contributed by atoms with Gasteiger partial charge >= 0.3 is 5.97 Å². The Kier molecular flexibility index (Phi) is 6.49. The molecular weight excluding hydrogens is 362 g/mol. The van der Waals surface area contributed by atoms with Crippen molar-refractivity contribution in [2.24, 2.45) is 5.92 Å². The number of rotatable bonds is 8. The SMILES string of the molecule is C[C@H](OC(=O)c1ccc(NC2CC2)c([N+](=O)[O-])c1)C(=O)NCC1CCCCC1. The molecule has 0 bridgehead atoms.